The van der Waals surface area contributed by atoms with E-state index in [0.717, 1.165) is 22.6 Å². The number of benzene rings is 2. The number of para-hydroxylation sites is 1. The Labute approximate surface area is 165 Å². The van der Waals surface area contributed by atoms with E-state index in [1.54, 1.807) is 20.2 Å². The van der Waals surface area contributed by atoms with Crippen LogP contribution in [0.5, 0.6) is 5.75 Å². The highest BCUT2D eigenvalue weighted by Gasteiger charge is 2.08. The maximum atomic E-state index is 12.1. The van der Waals surface area contributed by atoms with E-state index in [0.29, 0.717) is 30.5 Å². The van der Waals surface area contributed by atoms with Crippen molar-refractivity contribution in [2.75, 3.05) is 26.0 Å². The molecule has 0 saturated carbocycles. The van der Waals surface area contributed by atoms with Crippen LogP contribution in [0, 0.1) is 6.92 Å². The van der Waals surface area contributed by atoms with Gasteiger partial charge in [-0.25, -0.2) is 0 Å². The third-order valence-electron chi connectivity index (χ3n) is 4.05. The molecule has 27 heavy (non-hydrogen) atoms. The van der Waals surface area contributed by atoms with Crippen LogP contribution >= 0.6 is 11.6 Å². The number of carbonyl (C=O) groups excluding carboxylic acids is 1. The van der Waals surface area contributed by atoms with E-state index in [1.165, 1.54) is 0 Å². The molecule has 3 N–H and O–H groups in total. The number of guanidine groups is 1. The van der Waals surface area contributed by atoms with Crippen LogP contribution in [0.2, 0.25) is 5.02 Å². The summed E-state index contributed by atoms with van der Waals surface area (Å²) in [4.78, 5) is 16.3. The quantitative estimate of drug-likeness (QED) is 0.502. The van der Waals surface area contributed by atoms with E-state index >= 15 is 0 Å². The zero-order valence-corrected chi connectivity index (χ0v) is 16.6. The van der Waals surface area contributed by atoms with Crippen molar-refractivity contribution in [2.45, 2.75) is 19.9 Å². The average molecular weight is 389 g/mol. The van der Waals surface area contributed by atoms with Gasteiger partial charge in [0.25, 0.3) is 0 Å². The largest absolute Gasteiger partial charge is 0.496 e. The standard InChI is InChI=1S/C20H25ClN4O2/c1-14-16(21)8-6-9-17(14)25-19(26)11-12-23-20(22-2)24-13-15-7-4-5-10-18(15)27-3/h4-10H,11-13H2,1-3H3,(H,25,26)(H2,22,23,24). The number of hydrogen-bond donors (Lipinski definition) is 3. The van der Waals surface area contributed by atoms with Crippen molar-refractivity contribution in [3.8, 4) is 5.75 Å². The minimum atomic E-state index is -0.0898. The van der Waals surface area contributed by atoms with E-state index in [-0.39, 0.29) is 5.91 Å². The molecule has 0 unspecified atom stereocenters. The second-order valence-electron chi connectivity index (χ2n) is 5.87. The summed E-state index contributed by atoms with van der Waals surface area (Å²) in [6, 6.07) is 13.2. The summed E-state index contributed by atoms with van der Waals surface area (Å²) >= 11 is 6.07. The van der Waals surface area contributed by atoms with Gasteiger partial charge in [0.05, 0.1) is 7.11 Å². The van der Waals surface area contributed by atoms with Gasteiger partial charge in [-0.2, -0.15) is 0 Å². The summed E-state index contributed by atoms with van der Waals surface area (Å²) in [5.41, 5.74) is 2.61. The lowest BCUT2D eigenvalue weighted by molar-refractivity contribution is -0.116. The zero-order chi connectivity index (χ0) is 19.6. The Balaban J connectivity index is 1.79. The summed E-state index contributed by atoms with van der Waals surface area (Å²) in [5, 5.41) is 9.85. The third-order valence-corrected chi connectivity index (χ3v) is 4.46. The topological polar surface area (TPSA) is 74.8 Å². The Bertz CT molecular complexity index is 808. The molecule has 0 atom stereocenters. The van der Waals surface area contributed by atoms with Gasteiger partial charge in [0, 0.05) is 42.8 Å². The molecule has 7 heteroatoms. The van der Waals surface area contributed by atoms with E-state index < -0.39 is 0 Å². The smallest absolute Gasteiger partial charge is 0.226 e. The minimum absolute atomic E-state index is 0.0898. The van der Waals surface area contributed by atoms with Gasteiger partial charge in [-0.15, -0.1) is 0 Å². The number of amides is 1. The Morgan fingerprint density at radius 3 is 2.67 bits per heavy atom. The first-order valence-corrected chi connectivity index (χ1v) is 9.04. The fourth-order valence-corrected chi connectivity index (χ4v) is 2.67. The van der Waals surface area contributed by atoms with Crippen molar-refractivity contribution >= 4 is 29.2 Å². The van der Waals surface area contributed by atoms with E-state index in [9.17, 15) is 4.79 Å². The van der Waals surface area contributed by atoms with Crippen LogP contribution < -0.4 is 20.7 Å². The third kappa shape index (κ3) is 6.18. The van der Waals surface area contributed by atoms with Crippen molar-refractivity contribution in [3.05, 3.63) is 58.6 Å². The van der Waals surface area contributed by atoms with Crippen molar-refractivity contribution in [3.63, 3.8) is 0 Å². The number of aliphatic imine (C=N–C) groups is 1. The summed E-state index contributed by atoms with van der Waals surface area (Å²) < 4.78 is 5.34. The molecule has 0 aliphatic carbocycles. The molecule has 0 aliphatic heterocycles. The van der Waals surface area contributed by atoms with Crippen molar-refractivity contribution in [1.29, 1.82) is 0 Å². The SMILES string of the molecule is CN=C(NCCC(=O)Nc1cccc(Cl)c1C)NCc1ccccc1OC. The van der Waals surface area contributed by atoms with Gasteiger partial charge in [0.1, 0.15) is 5.75 Å². The maximum absolute atomic E-state index is 12.1. The fourth-order valence-electron chi connectivity index (χ4n) is 2.50. The molecule has 1 amide bonds. The normalized spacial score (nSPS) is 11.0. The monoisotopic (exact) mass is 388 g/mol. The number of hydrogen-bond acceptors (Lipinski definition) is 3. The summed E-state index contributed by atoms with van der Waals surface area (Å²) in [6.07, 6.45) is 0.307. The molecule has 0 heterocycles. The van der Waals surface area contributed by atoms with Crippen molar-refractivity contribution in [1.82, 2.24) is 10.6 Å². The number of rotatable bonds is 7. The fraction of sp³-hybridized carbons (Fsp3) is 0.300. The molecule has 0 bridgehead atoms. The number of halogens is 1. The number of nitrogens with zero attached hydrogens (tertiary/aromatic N) is 1. The summed E-state index contributed by atoms with van der Waals surface area (Å²) in [6.45, 7) is 2.90. The van der Waals surface area contributed by atoms with Crippen LogP contribution in [0.3, 0.4) is 0 Å². The van der Waals surface area contributed by atoms with Crippen LogP contribution in [-0.4, -0.2) is 32.6 Å². The van der Waals surface area contributed by atoms with E-state index in [1.807, 2.05) is 43.3 Å². The lowest BCUT2D eigenvalue weighted by Crippen LogP contribution is -2.38. The first-order valence-electron chi connectivity index (χ1n) is 8.66. The Morgan fingerprint density at radius 1 is 1.15 bits per heavy atom. The van der Waals surface area contributed by atoms with Gasteiger partial charge in [-0.3, -0.25) is 9.79 Å². The van der Waals surface area contributed by atoms with Crippen LogP contribution in [0.4, 0.5) is 5.69 Å². The average Bonchev–Trinajstić information content (AvgIpc) is 2.68. The number of ether oxygens (including phenoxy) is 1. The lowest BCUT2D eigenvalue weighted by Gasteiger charge is -2.14. The van der Waals surface area contributed by atoms with E-state index in [2.05, 4.69) is 20.9 Å². The first kappa shape index (κ1) is 20.6. The summed E-state index contributed by atoms with van der Waals surface area (Å²) in [5.74, 6) is 1.34. The highest BCUT2D eigenvalue weighted by molar-refractivity contribution is 6.31. The van der Waals surface area contributed by atoms with Gasteiger partial charge in [-0.1, -0.05) is 35.9 Å². The van der Waals surface area contributed by atoms with Crippen LogP contribution in [-0.2, 0) is 11.3 Å². The molecule has 6 nitrogen and oxygen atoms in total. The first-order chi connectivity index (χ1) is 13.0. The van der Waals surface area contributed by atoms with Crippen molar-refractivity contribution in [2.24, 2.45) is 4.99 Å². The molecule has 2 aromatic rings. The second kappa shape index (κ2) is 10.4. The minimum Gasteiger partial charge on any atom is -0.496 e. The predicted molar refractivity (Wildman–Crippen MR) is 111 cm³/mol. The molecule has 0 aromatic heterocycles. The molecule has 0 saturated heterocycles. The molecule has 0 aliphatic rings. The van der Waals surface area contributed by atoms with Gasteiger partial charge in [-0.05, 0) is 30.7 Å². The molecule has 0 spiro atoms. The number of nitrogens with one attached hydrogen (secondary N) is 3. The van der Waals surface area contributed by atoms with Gasteiger partial charge in [0.2, 0.25) is 5.91 Å². The molecular formula is C20H25ClN4O2. The van der Waals surface area contributed by atoms with Gasteiger partial charge < -0.3 is 20.7 Å². The molecule has 0 radical (unpaired) electrons. The predicted octanol–water partition coefficient (Wildman–Crippen LogP) is 3.35. The van der Waals surface area contributed by atoms with Gasteiger partial charge in [0.15, 0.2) is 5.96 Å². The van der Waals surface area contributed by atoms with Crippen LogP contribution in [0.1, 0.15) is 17.5 Å². The Hall–Kier alpha value is -2.73. The lowest BCUT2D eigenvalue weighted by atomic mass is 10.2. The Morgan fingerprint density at radius 2 is 1.93 bits per heavy atom. The molecular weight excluding hydrogens is 364 g/mol. The number of methoxy groups -OCH3 is 1. The van der Waals surface area contributed by atoms with Crippen LogP contribution in [0.25, 0.3) is 0 Å². The maximum Gasteiger partial charge on any atom is 0.226 e. The number of carbonyl (C=O) groups is 1. The van der Waals surface area contributed by atoms with E-state index in [4.69, 9.17) is 16.3 Å². The number of anilines is 1. The summed E-state index contributed by atoms with van der Waals surface area (Å²) in [7, 11) is 3.33. The van der Waals surface area contributed by atoms with Crippen molar-refractivity contribution < 1.29 is 9.53 Å². The molecule has 2 rings (SSSR count). The highest BCUT2D eigenvalue weighted by atomic mass is 35.5. The highest BCUT2D eigenvalue weighted by Crippen LogP contribution is 2.22. The van der Waals surface area contributed by atoms with Gasteiger partial charge >= 0.3 is 0 Å². The Kier molecular flexibility index (Phi) is 7.95. The molecule has 144 valence electrons. The van der Waals surface area contributed by atoms with Crippen LogP contribution in [0.15, 0.2) is 47.5 Å². The molecule has 2 aromatic carbocycles. The second-order valence-corrected chi connectivity index (χ2v) is 6.28. The molecule has 0 fully saturated rings. The zero-order valence-electron chi connectivity index (χ0n) is 15.8.